The Morgan fingerprint density at radius 2 is 2.03 bits per heavy atom. The summed E-state index contributed by atoms with van der Waals surface area (Å²) >= 11 is 0. The highest BCUT2D eigenvalue weighted by molar-refractivity contribution is 5.76. The number of methoxy groups -OCH3 is 1. The Hall–Kier alpha value is -2.41. The van der Waals surface area contributed by atoms with Crippen molar-refractivity contribution in [1.29, 1.82) is 0 Å². The summed E-state index contributed by atoms with van der Waals surface area (Å²) in [7, 11) is 1.53. The maximum Gasteiger partial charge on any atom is 0.161 e. The van der Waals surface area contributed by atoms with E-state index < -0.39 is 6.10 Å². The molecule has 0 aromatic heterocycles. The maximum absolute atomic E-state index is 10.9. The molecular formula is C24H31NO5. The Labute approximate surface area is 178 Å². The fourth-order valence-corrected chi connectivity index (χ4v) is 3.65. The monoisotopic (exact) mass is 413 g/mol. The van der Waals surface area contributed by atoms with Gasteiger partial charge in [0, 0.05) is 31.8 Å². The Balaban J connectivity index is 1.59. The number of rotatable bonds is 11. The normalized spacial score (nSPS) is 17.1. The summed E-state index contributed by atoms with van der Waals surface area (Å²) in [5, 5.41) is 10.6. The first-order valence-corrected chi connectivity index (χ1v) is 10.4. The zero-order valence-corrected chi connectivity index (χ0v) is 17.8. The minimum Gasteiger partial charge on any atom is -0.493 e. The van der Waals surface area contributed by atoms with Gasteiger partial charge in [-0.15, -0.1) is 0 Å². The van der Waals surface area contributed by atoms with Crippen molar-refractivity contribution in [3.63, 3.8) is 0 Å². The largest absolute Gasteiger partial charge is 0.493 e. The fourth-order valence-electron chi connectivity index (χ4n) is 3.65. The number of aliphatic hydroxyl groups excluding tert-OH is 1. The summed E-state index contributed by atoms with van der Waals surface area (Å²) in [5.74, 6) is 0.981. The number of carbonyl (C=O) groups excluding carboxylic acids is 1. The molecule has 0 radical (unpaired) electrons. The number of hydrogen-bond acceptors (Lipinski definition) is 6. The van der Waals surface area contributed by atoms with Gasteiger partial charge in [-0.3, -0.25) is 9.69 Å². The zero-order chi connectivity index (χ0) is 21.3. The van der Waals surface area contributed by atoms with Crippen molar-refractivity contribution in [1.82, 2.24) is 4.90 Å². The van der Waals surface area contributed by atoms with E-state index in [1.54, 1.807) is 18.2 Å². The molecule has 3 rings (SSSR count). The van der Waals surface area contributed by atoms with Crippen LogP contribution < -0.4 is 9.47 Å². The van der Waals surface area contributed by atoms with Gasteiger partial charge in [0.05, 0.1) is 13.2 Å². The van der Waals surface area contributed by atoms with Crippen LogP contribution in [0, 0.1) is 6.92 Å². The molecule has 1 fully saturated rings. The lowest BCUT2D eigenvalue weighted by atomic mass is 10.1. The van der Waals surface area contributed by atoms with E-state index in [1.165, 1.54) is 18.2 Å². The standard InChI is InChI=1S/C24H31NO5/c1-18-5-7-19(8-6-18)13-25(15-22-4-3-11-29-22)14-21(27)17-30-23-10-9-20(16-26)12-24(23)28-2/h5-10,12,16,21-22,27H,3-4,11,13-15,17H2,1-2H3. The number of aryl methyl sites for hydroxylation is 1. The molecule has 6 nitrogen and oxygen atoms in total. The molecule has 162 valence electrons. The lowest BCUT2D eigenvalue weighted by molar-refractivity contribution is 0.0310. The highest BCUT2D eigenvalue weighted by atomic mass is 16.5. The quantitative estimate of drug-likeness (QED) is 0.571. The molecule has 1 aliphatic rings. The zero-order valence-electron chi connectivity index (χ0n) is 17.8. The number of aliphatic hydroxyl groups is 1. The van der Waals surface area contributed by atoms with Crippen LogP contribution in [0.25, 0.3) is 0 Å². The molecule has 30 heavy (non-hydrogen) atoms. The fraction of sp³-hybridized carbons (Fsp3) is 0.458. The summed E-state index contributed by atoms with van der Waals surface area (Å²) in [5.41, 5.74) is 2.95. The van der Waals surface area contributed by atoms with Gasteiger partial charge in [0.15, 0.2) is 11.5 Å². The van der Waals surface area contributed by atoms with Gasteiger partial charge >= 0.3 is 0 Å². The van der Waals surface area contributed by atoms with Crippen LogP contribution in [0.5, 0.6) is 11.5 Å². The smallest absolute Gasteiger partial charge is 0.161 e. The third-order valence-electron chi connectivity index (χ3n) is 5.24. The van der Waals surface area contributed by atoms with Crippen LogP contribution in [0.4, 0.5) is 0 Å². The molecule has 2 aromatic rings. The molecule has 0 aliphatic carbocycles. The lowest BCUT2D eigenvalue weighted by Crippen LogP contribution is -2.39. The second kappa shape index (κ2) is 11.1. The van der Waals surface area contributed by atoms with Crippen LogP contribution in [0.15, 0.2) is 42.5 Å². The minimum atomic E-state index is -0.674. The predicted octanol–water partition coefficient (Wildman–Crippen LogP) is 3.24. The molecule has 0 spiro atoms. The molecule has 2 aromatic carbocycles. The Morgan fingerprint density at radius 1 is 1.23 bits per heavy atom. The number of hydrogen-bond donors (Lipinski definition) is 1. The van der Waals surface area contributed by atoms with E-state index in [2.05, 4.69) is 36.1 Å². The van der Waals surface area contributed by atoms with E-state index in [4.69, 9.17) is 14.2 Å². The van der Waals surface area contributed by atoms with Crippen molar-refractivity contribution in [3.05, 3.63) is 59.2 Å². The number of ether oxygens (including phenoxy) is 3. The van der Waals surface area contributed by atoms with Gasteiger partial charge in [-0.25, -0.2) is 0 Å². The SMILES string of the molecule is COc1cc(C=O)ccc1OCC(O)CN(Cc1ccc(C)cc1)CC1CCCO1. The summed E-state index contributed by atoms with van der Waals surface area (Å²) in [4.78, 5) is 13.2. The van der Waals surface area contributed by atoms with Crippen LogP contribution in [-0.2, 0) is 11.3 Å². The van der Waals surface area contributed by atoms with Crippen molar-refractivity contribution in [3.8, 4) is 11.5 Å². The highest BCUT2D eigenvalue weighted by Crippen LogP contribution is 2.27. The van der Waals surface area contributed by atoms with Gasteiger partial charge in [-0.2, -0.15) is 0 Å². The van der Waals surface area contributed by atoms with Crippen LogP contribution in [0.1, 0.15) is 34.3 Å². The number of benzene rings is 2. The number of aldehydes is 1. The van der Waals surface area contributed by atoms with E-state index in [9.17, 15) is 9.90 Å². The molecule has 0 amide bonds. The first-order valence-electron chi connectivity index (χ1n) is 10.4. The second-order valence-corrected chi connectivity index (χ2v) is 7.81. The molecule has 2 unspecified atom stereocenters. The summed E-state index contributed by atoms with van der Waals surface area (Å²) in [6, 6.07) is 13.4. The van der Waals surface area contributed by atoms with Crippen LogP contribution in [0.2, 0.25) is 0 Å². The molecule has 2 atom stereocenters. The van der Waals surface area contributed by atoms with Crippen molar-refractivity contribution in [2.45, 2.75) is 38.5 Å². The van der Waals surface area contributed by atoms with Crippen molar-refractivity contribution in [2.24, 2.45) is 0 Å². The van der Waals surface area contributed by atoms with Gasteiger partial charge in [0.25, 0.3) is 0 Å². The van der Waals surface area contributed by atoms with Gasteiger partial charge in [0.1, 0.15) is 19.0 Å². The molecule has 1 N–H and O–H groups in total. The average molecular weight is 414 g/mol. The average Bonchev–Trinajstić information content (AvgIpc) is 3.26. The minimum absolute atomic E-state index is 0.132. The molecule has 1 heterocycles. The molecule has 1 saturated heterocycles. The van der Waals surface area contributed by atoms with Crippen molar-refractivity contribution < 1.29 is 24.1 Å². The third kappa shape index (κ3) is 6.55. The Kier molecular flexibility index (Phi) is 8.25. The topological polar surface area (TPSA) is 68.2 Å². The summed E-state index contributed by atoms with van der Waals surface area (Å²) in [6.45, 7) is 5.02. The first kappa shape index (κ1) is 22.3. The Morgan fingerprint density at radius 3 is 2.70 bits per heavy atom. The van der Waals surface area contributed by atoms with Crippen molar-refractivity contribution in [2.75, 3.05) is 33.4 Å². The molecule has 0 bridgehead atoms. The third-order valence-corrected chi connectivity index (χ3v) is 5.24. The van der Waals surface area contributed by atoms with Crippen LogP contribution in [-0.4, -0.2) is 61.9 Å². The van der Waals surface area contributed by atoms with Crippen molar-refractivity contribution >= 4 is 6.29 Å². The van der Waals surface area contributed by atoms with Gasteiger partial charge in [0.2, 0.25) is 0 Å². The molecule has 6 heteroatoms. The van der Waals surface area contributed by atoms with E-state index in [0.29, 0.717) is 23.6 Å². The van der Waals surface area contributed by atoms with E-state index in [0.717, 1.165) is 38.8 Å². The second-order valence-electron chi connectivity index (χ2n) is 7.81. The van der Waals surface area contributed by atoms with E-state index in [-0.39, 0.29) is 12.7 Å². The summed E-state index contributed by atoms with van der Waals surface area (Å²) in [6.07, 6.45) is 2.43. The van der Waals surface area contributed by atoms with Gasteiger partial charge < -0.3 is 19.3 Å². The van der Waals surface area contributed by atoms with Gasteiger partial charge in [-0.05, 0) is 43.5 Å². The van der Waals surface area contributed by atoms with E-state index in [1.807, 2.05) is 0 Å². The maximum atomic E-state index is 10.9. The van der Waals surface area contributed by atoms with Gasteiger partial charge in [-0.1, -0.05) is 29.8 Å². The van der Waals surface area contributed by atoms with Crippen LogP contribution in [0.3, 0.4) is 0 Å². The number of nitrogens with zero attached hydrogens (tertiary/aromatic N) is 1. The molecule has 0 saturated carbocycles. The Bertz CT molecular complexity index is 802. The predicted molar refractivity (Wildman–Crippen MR) is 115 cm³/mol. The number of carbonyl (C=O) groups is 1. The molecule has 1 aliphatic heterocycles. The highest BCUT2D eigenvalue weighted by Gasteiger charge is 2.22. The summed E-state index contributed by atoms with van der Waals surface area (Å²) < 4.78 is 16.9. The lowest BCUT2D eigenvalue weighted by Gasteiger charge is -2.27. The van der Waals surface area contributed by atoms with E-state index >= 15 is 0 Å². The van der Waals surface area contributed by atoms with Crippen LogP contribution >= 0.6 is 0 Å². The molecular weight excluding hydrogens is 382 g/mol. The first-order chi connectivity index (χ1) is 14.6.